The van der Waals surface area contributed by atoms with E-state index in [4.69, 9.17) is 9.47 Å². The fraction of sp³-hybridized carbons (Fsp3) is 1.00. The minimum absolute atomic E-state index is 0.139. The number of halogens is 1. The third kappa shape index (κ3) is 5.70. The van der Waals surface area contributed by atoms with Gasteiger partial charge in [0.2, 0.25) is 0 Å². The molecule has 0 atom stereocenters. The highest BCUT2D eigenvalue weighted by Crippen LogP contribution is 2.44. The average molecular weight is 329 g/mol. The molecule has 3 heteroatoms. The lowest BCUT2D eigenvalue weighted by atomic mass is 9.69. The summed E-state index contributed by atoms with van der Waals surface area (Å²) in [5.74, 6) is 2.47. The van der Waals surface area contributed by atoms with Crippen LogP contribution in [0, 0.1) is 17.8 Å². The monoisotopic (exact) mass is 328 g/mol. The summed E-state index contributed by atoms with van der Waals surface area (Å²) in [7, 11) is 3.56. The van der Waals surface area contributed by atoms with Gasteiger partial charge in [-0.05, 0) is 49.9 Å². The second-order valence-electron chi connectivity index (χ2n) is 7.83. The fourth-order valence-corrected chi connectivity index (χ4v) is 4.87. The molecule has 2 aliphatic carbocycles. The van der Waals surface area contributed by atoms with Crippen molar-refractivity contribution in [2.45, 2.75) is 89.3 Å². The fourth-order valence-electron chi connectivity index (χ4n) is 4.87. The maximum atomic E-state index is 12.1. The SMILES string of the molecule is COC1(OC)CCC(C2CCC(CCCCCCF)CC2)CC1. The highest BCUT2D eigenvalue weighted by atomic mass is 19.1. The van der Waals surface area contributed by atoms with E-state index in [0.29, 0.717) is 0 Å². The van der Waals surface area contributed by atoms with Crippen molar-refractivity contribution in [2.24, 2.45) is 17.8 Å². The summed E-state index contributed by atoms with van der Waals surface area (Å²) in [4.78, 5) is 0. The molecular formula is C20H37FO2. The van der Waals surface area contributed by atoms with Crippen LogP contribution in [0.15, 0.2) is 0 Å². The van der Waals surface area contributed by atoms with Crippen LogP contribution in [0.2, 0.25) is 0 Å². The lowest BCUT2D eigenvalue weighted by molar-refractivity contribution is -0.229. The minimum Gasteiger partial charge on any atom is -0.353 e. The molecule has 2 nitrogen and oxygen atoms in total. The Morgan fingerprint density at radius 3 is 1.91 bits per heavy atom. The molecule has 2 saturated carbocycles. The summed E-state index contributed by atoms with van der Waals surface area (Å²) >= 11 is 0. The largest absolute Gasteiger partial charge is 0.353 e. The molecule has 0 N–H and O–H groups in total. The zero-order chi connectivity index (χ0) is 16.5. The Hall–Kier alpha value is -0.150. The molecule has 0 aromatic rings. The average Bonchev–Trinajstić information content (AvgIpc) is 2.62. The van der Waals surface area contributed by atoms with Crippen molar-refractivity contribution in [1.82, 2.24) is 0 Å². The third-order valence-electron chi connectivity index (χ3n) is 6.59. The second kappa shape index (κ2) is 9.98. The van der Waals surface area contributed by atoms with Gasteiger partial charge in [-0.25, -0.2) is 0 Å². The van der Waals surface area contributed by atoms with Crippen molar-refractivity contribution in [3.05, 3.63) is 0 Å². The van der Waals surface area contributed by atoms with E-state index in [1.54, 1.807) is 14.2 Å². The molecule has 0 bridgehead atoms. The van der Waals surface area contributed by atoms with Gasteiger partial charge in [0.25, 0.3) is 0 Å². The molecule has 0 aliphatic heterocycles. The number of alkyl halides is 1. The molecule has 0 aromatic heterocycles. The lowest BCUT2D eigenvalue weighted by Gasteiger charge is -2.42. The molecule has 0 unspecified atom stereocenters. The van der Waals surface area contributed by atoms with E-state index in [0.717, 1.165) is 43.4 Å². The minimum atomic E-state index is -0.298. The van der Waals surface area contributed by atoms with Gasteiger partial charge in [-0.3, -0.25) is 4.39 Å². The van der Waals surface area contributed by atoms with Gasteiger partial charge in [0.05, 0.1) is 6.67 Å². The van der Waals surface area contributed by atoms with Crippen LogP contribution in [-0.2, 0) is 9.47 Å². The number of methoxy groups -OCH3 is 2. The molecule has 2 rings (SSSR count). The van der Waals surface area contributed by atoms with Gasteiger partial charge in [-0.2, -0.15) is 0 Å². The van der Waals surface area contributed by atoms with E-state index in [1.165, 1.54) is 57.8 Å². The summed E-state index contributed by atoms with van der Waals surface area (Å²) in [5, 5.41) is 0. The summed E-state index contributed by atoms with van der Waals surface area (Å²) in [5.41, 5.74) is 0. The van der Waals surface area contributed by atoms with E-state index < -0.39 is 0 Å². The van der Waals surface area contributed by atoms with Crippen molar-refractivity contribution < 1.29 is 13.9 Å². The quantitative estimate of drug-likeness (QED) is 0.388. The summed E-state index contributed by atoms with van der Waals surface area (Å²) in [6.45, 7) is -0.139. The van der Waals surface area contributed by atoms with Gasteiger partial charge in [0, 0.05) is 27.1 Å². The van der Waals surface area contributed by atoms with Crippen molar-refractivity contribution in [1.29, 1.82) is 0 Å². The standard InChI is InChI=1S/C20H37FO2/c1-22-20(23-2)14-12-19(13-15-20)18-10-8-17(9-11-18)7-5-3-4-6-16-21/h17-19H,3-16H2,1-2H3. The Morgan fingerprint density at radius 2 is 1.35 bits per heavy atom. The van der Waals surface area contributed by atoms with E-state index >= 15 is 0 Å². The van der Waals surface area contributed by atoms with Gasteiger partial charge in [0.1, 0.15) is 0 Å². The number of hydrogen-bond donors (Lipinski definition) is 0. The maximum absolute atomic E-state index is 12.1. The zero-order valence-electron chi connectivity index (χ0n) is 15.3. The van der Waals surface area contributed by atoms with Crippen molar-refractivity contribution in [3.63, 3.8) is 0 Å². The van der Waals surface area contributed by atoms with Gasteiger partial charge in [-0.15, -0.1) is 0 Å². The number of unbranched alkanes of at least 4 members (excludes halogenated alkanes) is 3. The zero-order valence-corrected chi connectivity index (χ0v) is 15.3. The highest BCUT2D eigenvalue weighted by molar-refractivity contribution is 4.85. The van der Waals surface area contributed by atoms with Crippen LogP contribution in [-0.4, -0.2) is 26.7 Å². The van der Waals surface area contributed by atoms with E-state index in [2.05, 4.69) is 0 Å². The second-order valence-corrected chi connectivity index (χ2v) is 7.83. The van der Waals surface area contributed by atoms with Crippen LogP contribution in [0.25, 0.3) is 0 Å². The Balaban J connectivity index is 1.61. The molecule has 0 aromatic carbocycles. The Morgan fingerprint density at radius 1 is 0.783 bits per heavy atom. The first-order valence-electron chi connectivity index (χ1n) is 9.89. The Kier molecular flexibility index (Phi) is 8.32. The lowest BCUT2D eigenvalue weighted by Crippen LogP contribution is -2.39. The normalized spacial score (nSPS) is 28.8. The molecule has 0 spiro atoms. The van der Waals surface area contributed by atoms with Crippen LogP contribution in [0.5, 0.6) is 0 Å². The van der Waals surface area contributed by atoms with Crippen molar-refractivity contribution >= 4 is 0 Å². The summed E-state index contributed by atoms with van der Waals surface area (Å²) < 4.78 is 23.3. The molecule has 0 saturated heterocycles. The third-order valence-corrected chi connectivity index (χ3v) is 6.59. The Bertz CT molecular complexity index is 299. The maximum Gasteiger partial charge on any atom is 0.167 e. The van der Waals surface area contributed by atoms with Crippen LogP contribution < -0.4 is 0 Å². The van der Waals surface area contributed by atoms with Gasteiger partial charge < -0.3 is 9.47 Å². The van der Waals surface area contributed by atoms with Gasteiger partial charge >= 0.3 is 0 Å². The molecule has 0 heterocycles. The number of hydrogen-bond acceptors (Lipinski definition) is 2. The number of rotatable bonds is 9. The Labute approximate surface area is 142 Å². The first-order chi connectivity index (χ1) is 11.2. The summed E-state index contributed by atoms with van der Waals surface area (Å²) in [6.07, 6.45) is 16.1. The van der Waals surface area contributed by atoms with Crippen LogP contribution in [0.1, 0.15) is 83.5 Å². The highest BCUT2D eigenvalue weighted by Gasteiger charge is 2.38. The molecule has 2 fully saturated rings. The number of ether oxygens (including phenoxy) is 2. The topological polar surface area (TPSA) is 18.5 Å². The molecule has 0 amide bonds. The molecule has 0 radical (unpaired) electrons. The predicted molar refractivity (Wildman–Crippen MR) is 93.2 cm³/mol. The molecule has 136 valence electrons. The van der Waals surface area contributed by atoms with Crippen molar-refractivity contribution in [2.75, 3.05) is 20.9 Å². The van der Waals surface area contributed by atoms with E-state index in [9.17, 15) is 4.39 Å². The first kappa shape index (κ1) is 19.2. The molecular weight excluding hydrogens is 291 g/mol. The molecule has 2 aliphatic rings. The molecule has 23 heavy (non-hydrogen) atoms. The van der Waals surface area contributed by atoms with Gasteiger partial charge in [-0.1, -0.05) is 38.5 Å². The summed E-state index contributed by atoms with van der Waals surface area (Å²) in [6, 6.07) is 0. The van der Waals surface area contributed by atoms with Crippen molar-refractivity contribution in [3.8, 4) is 0 Å². The van der Waals surface area contributed by atoms with E-state index in [-0.39, 0.29) is 12.5 Å². The van der Waals surface area contributed by atoms with Gasteiger partial charge in [0.15, 0.2) is 5.79 Å². The van der Waals surface area contributed by atoms with Crippen LogP contribution >= 0.6 is 0 Å². The smallest absolute Gasteiger partial charge is 0.167 e. The van der Waals surface area contributed by atoms with E-state index in [1.807, 2.05) is 0 Å². The van der Waals surface area contributed by atoms with Crippen LogP contribution in [0.4, 0.5) is 4.39 Å². The first-order valence-corrected chi connectivity index (χ1v) is 9.89. The predicted octanol–water partition coefficient (Wildman–Crippen LogP) is 5.89. The van der Waals surface area contributed by atoms with Crippen LogP contribution in [0.3, 0.4) is 0 Å².